The van der Waals surface area contributed by atoms with Crippen molar-refractivity contribution < 1.29 is 4.74 Å². The number of aromatic nitrogens is 2. The molecule has 0 atom stereocenters. The molecule has 0 saturated carbocycles. The van der Waals surface area contributed by atoms with Crippen LogP contribution in [0.2, 0.25) is 0 Å². The van der Waals surface area contributed by atoms with Crippen LogP contribution in [-0.4, -0.2) is 16.5 Å². The third-order valence-electron chi connectivity index (χ3n) is 3.14. The van der Waals surface area contributed by atoms with Gasteiger partial charge in [0.25, 0.3) is 0 Å². The number of ether oxygens (including phenoxy) is 1. The Morgan fingerprint density at radius 3 is 2.75 bits per heavy atom. The van der Waals surface area contributed by atoms with Gasteiger partial charge in [-0.15, -0.1) is 0 Å². The molecule has 1 aromatic carbocycles. The van der Waals surface area contributed by atoms with E-state index in [-0.39, 0.29) is 0 Å². The zero-order valence-corrected chi connectivity index (χ0v) is 12.5. The Morgan fingerprint density at radius 2 is 2.00 bits per heavy atom. The Balaban J connectivity index is 2.21. The maximum Gasteiger partial charge on any atom is 0.225 e. The first-order chi connectivity index (χ1) is 9.60. The third kappa shape index (κ3) is 3.47. The Kier molecular flexibility index (Phi) is 4.56. The van der Waals surface area contributed by atoms with Crippen LogP contribution in [0, 0.1) is 20.8 Å². The smallest absolute Gasteiger partial charge is 0.225 e. The molecule has 0 radical (unpaired) electrons. The van der Waals surface area contributed by atoms with Gasteiger partial charge in [-0.25, -0.2) is 4.98 Å². The number of aryl methyl sites for hydroxylation is 2. The molecule has 0 spiro atoms. The fourth-order valence-corrected chi connectivity index (χ4v) is 1.94. The molecule has 20 heavy (non-hydrogen) atoms. The predicted octanol–water partition coefficient (Wildman–Crippen LogP) is 4.02. The van der Waals surface area contributed by atoms with Crippen LogP contribution < -0.4 is 10.1 Å². The molecule has 4 heteroatoms. The minimum Gasteiger partial charge on any atom is -0.439 e. The van der Waals surface area contributed by atoms with E-state index in [0.717, 1.165) is 24.3 Å². The normalized spacial score (nSPS) is 10.4. The quantitative estimate of drug-likeness (QED) is 0.892. The van der Waals surface area contributed by atoms with Crippen LogP contribution in [0.25, 0.3) is 0 Å². The molecular weight excluding hydrogens is 250 g/mol. The molecule has 4 nitrogen and oxygen atoms in total. The summed E-state index contributed by atoms with van der Waals surface area (Å²) < 4.78 is 5.90. The van der Waals surface area contributed by atoms with E-state index in [1.807, 2.05) is 6.07 Å². The number of anilines is 1. The van der Waals surface area contributed by atoms with Gasteiger partial charge in [-0.05, 0) is 49.9 Å². The monoisotopic (exact) mass is 271 g/mol. The summed E-state index contributed by atoms with van der Waals surface area (Å²) in [5, 5.41) is 3.16. The lowest BCUT2D eigenvalue weighted by Gasteiger charge is -2.12. The molecule has 106 valence electrons. The highest BCUT2D eigenvalue weighted by atomic mass is 16.5. The lowest BCUT2D eigenvalue weighted by Crippen LogP contribution is -2.04. The Morgan fingerprint density at radius 1 is 1.20 bits per heavy atom. The molecule has 2 rings (SSSR count). The first kappa shape index (κ1) is 14.3. The predicted molar refractivity (Wildman–Crippen MR) is 81.5 cm³/mol. The standard InChI is InChI=1S/C16H21N3O/c1-5-7-17-16-18-8-6-15(19-16)20-14-10-11(2)9-12(3)13(14)4/h6,8-10H,5,7H2,1-4H3,(H,17,18,19). The molecule has 0 amide bonds. The average Bonchev–Trinajstić information content (AvgIpc) is 2.42. The molecule has 1 N–H and O–H groups in total. The first-order valence-corrected chi connectivity index (χ1v) is 6.92. The summed E-state index contributed by atoms with van der Waals surface area (Å²) in [6, 6.07) is 5.95. The molecule has 0 unspecified atom stereocenters. The van der Waals surface area contributed by atoms with Crippen molar-refractivity contribution in [2.75, 3.05) is 11.9 Å². The van der Waals surface area contributed by atoms with Crippen molar-refractivity contribution in [3.63, 3.8) is 0 Å². The summed E-state index contributed by atoms with van der Waals surface area (Å²) >= 11 is 0. The van der Waals surface area contributed by atoms with Gasteiger partial charge in [-0.1, -0.05) is 13.0 Å². The van der Waals surface area contributed by atoms with Crippen molar-refractivity contribution in [3.05, 3.63) is 41.1 Å². The van der Waals surface area contributed by atoms with Crippen LogP contribution in [-0.2, 0) is 0 Å². The summed E-state index contributed by atoms with van der Waals surface area (Å²) in [6.07, 6.45) is 2.74. The second-order valence-corrected chi connectivity index (χ2v) is 4.95. The SMILES string of the molecule is CCCNc1nccc(Oc2cc(C)cc(C)c2C)n1. The number of benzene rings is 1. The van der Waals surface area contributed by atoms with Crippen LogP contribution in [0.5, 0.6) is 11.6 Å². The highest BCUT2D eigenvalue weighted by Crippen LogP contribution is 2.27. The number of nitrogens with zero attached hydrogens (tertiary/aromatic N) is 2. The lowest BCUT2D eigenvalue weighted by atomic mass is 10.1. The molecular formula is C16H21N3O. The second-order valence-electron chi connectivity index (χ2n) is 4.95. The molecule has 0 aliphatic carbocycles. The fourth-order valence-electron chi connectivity index (χ4n) is 1.94. The van der Waals surface area contributed by atoms with Gasteiger partial charge in [-0.3, -0.25) is 0 Å². The fraction of sp³-hybridized carbons (Fsp3) is 0.375. The van der Waals surface area contributed by atoms with Crippen LogP contribution >= 0.6 is 0 Å². The van der Waals surface area contributed by atoms with E-state index >= 15 is 0 Å². The molecule has 0 aliphatic heterocycles. The van der Waals surface area contributed by atoms with Gasteiger partial charge in [0.1, 0.15) is 5.75 Å². The average molecular weight is 271 g/mol. The van der Waals surface area contributed by atoms with Crippen molar-refractivity contribution in [1.29, 1.82) is 0 Å². The van der Waals surface area contributed by atoms with E-state index in [2.05, 4.69) is 49.0 Å². The highest BCUT2D eigenvalue weighted by Gasteiger charge is 2.07. The van der Waals surface area contributed by atoms with Crippen molar-refractivity contribution in [2.24, 2.45) is 0 Å². The Hall–Kier alpha value is -2.10. The molecule has 0 fully saturated rings. The first-order valence-electron chi connectivity index (χ1n) is 6.92. The molecule has 1 aromatic heterocycles. The number of rotatable bonds is 5. The van der Waals surface area contributed by atoms with Crippen molar-refractivity contribution in [2.45, 2.75) is 34.1 Å². The van der Waals surface area contributed by atoms with Gasteiger partial charge in [0.05, 0.1) is 0 Å². The van der Waals surface area contributed by atoms with Gasteiger partial charge < -0.3 is 10.1 Å². The molecule has 0 aliphatic rings. The van der Waals surface area contributed by atoms with Crippen LogP contribution in [0.4, 0.5) is 5.95 Å². The van der Waals surface area contributed by atoms with Gasteiger partial charge >= 0.3 is 0 Å². The van der Waals surface area contributed by atoms with Gasteiger partial charge in [0.15, 0.2) is 0 Å². The van der Waals surface area contributed by atoms with E-state index < -0.39 is 0 Å². The maximum atomic E-state index is 5.90. The Labute approximate surface area is 120 Å². The van der Waals surface area contributed by atoms with Gasteiger partial charge in [-0.2, -0.15) is 4.98 Å². The van der Waals surface area contributed by atoms with E-state index in [4.69, 9.17) is 4.74 Å². The zero-order chi connectivity index (χ0) is 14.5. The molecule has 2 aromatic rings. The minimum atomic E-state index is 0.562. The zero-order valence-electron chi connectivity index (χ0n) is 12.5. The highest BCUT2D eigenvalue weighted by molar-refractivity contribution is 5.43. The lowest BCUT2D eigenvalue weighted by molar-refractivity contribution is 0.458. The van der Waals surface area contributed by atoms with E-state index in [0.29, 0.717) is 11.8 Å². The van der Waals surface area contributed by atoms with Crippen molar-refractivity contribution >= 4 is 5.95 Å². The topological polar surface area (TPSA) is 47.0 Å². The summed E-state index contributed by atoms with van der Waals surface area (Å²) in [5.74, 6) is 2.01. The van der Waals surface area contributed by atoms with Crippen LogP contribution in [0.1, 0.15) is 30.0 Å². The van der Waals surface area contributed by atoms with Crippen LogP contribution in [0.3, 0.4) is 0 Å². The largest absolute Gasteiger partial charge is 0.439 e. The molecule has 0 bridgehead atoms. The van der Waals surface area contributed by atoms with E-state index in [9.17, 15) is 0 Å². The minimum absolute atomic E-state index is 0.562. The van der Waals surface area contributed by atoms with Crippen molar-refractivity contribution in [1.82, 2.24) is 9.97 Å². The van der Waals surface area contributed by atoms with Crippen LogP contribution in [0.15, 0.2) is 24.4 Å². The summed E-state index contributed by atoms with van der Waals surface area (Å²) in [7, 11) is 0. The maximum absolute atomic E-state index is 5.90. The number of hydrogen-bond acceptors (Lipinski definition) is 4. The Bertz CT molecular complexity index is 596. The molecule has 1 heterocycles. The number of hydrogen-bond donors (Lipinski definition) is 1. The van der Waals surface area contributed by atoms with E-state index in [1.165, 1.54) is 11.1 Å². The summed E-state index contributed by atoms with van der Waals surface area (Å²) in [6.45, 7) is 9.16. The van der Waals surface area contributed by atoms with Gasteiger partial charge in [0, 0.05) is 18.8 Å². The summed E-state index contributed by atoms with van der Waals surface area (Å²) in [4.78, 5) is 8.54. The molecule has 0 saturated heterocycles. The summed E-state index contributed by atoms with van der Waals surface area (Å²) in [5.41, 5.74) is 3.54. The van der Waals surface area contributed by atoms with Crippen molar-refractivity contribution in [3.8, 4) is 11.6 Å². The number of nitrogens with one attached hydrogen (secondary N) is 1. The second kappa shape index (κ2) is 6.37. The third-order valence-corrected chi connectivity index (χ3v) is 3.14. The van der Waals surface area contributed by atoms with Gasteiger partial charge in [0.2, 0.25) is 11.8 Å². The van der Waals surface area contributed by atoms with E-state index in [1.54, 1.807) is 12.3 Å².